The molecule has 3 rings (SSSR count). The number of nitrogens with zero attached hydrogens (tertiary/aromatic N) is 3. The summed E-state index contributed by atoms with van der Waals surface area (Å²) in [6.45, 7) is 0. The van der Waals surface area contributed by atoms with Crippen molar-refractivity contribution in [2.75, 3.05) is 12.4 Å². The molecule has 1 aliphatic heterocycles. The van der Waals surface area contributed by atoms with Gasteiger partial charge >= 0.3 is 0 Å². The number of hydrogen-bond donors (Lipinski definition) is 2. The maximum Gasteiger partial charge on any atom is 0.135 e. The number of aliphatic imine (C=N–C) groups is 1. The van der Waals surface area contributed by atoms with Crippen LogP contribution in [0.2, 0.25) is 5.02 Å². The monoisotopic (exact) mass is 314 g/mol. The Morgan fingerprint density at radius 1 is 1.41 bits per heavy atom. The Morgan fingerprint density at radius 2 is 2.27 bits per heavy atom. The SMILES string of the molecule is CN=C1Cc2c(/C(Cc3cccc(Cl)c3)=N/O)ccnc2N1. The predicted molar refractivity (Wildman–Crippen MR) is 88.4 cm³/mol. The molecule has 0 aliphatic carbocycles. The van der Waals surface area contributed by atoms with Crippen molar-refractivity contribution in [1.82, 2.24) is 4.98 Å². The van der Waals surface area contributed by atoms with Crippen LogP contribution in [-0.4, -0.2) is 28.8 Å². The lowest BCUT2D eigenvalue weighted by Gasteiger charge is -2.09. The quantitative estimate of drug-likeness (QED) is 0.519. The molecule has 22 heavy (non-hydrogen) atoms. The Balaban J connectivity index is 1.95. The first-order valence-electron chi connectivity index (χ1n) is 6.87. The van der Waals surface area contributed by atoms with Crippen molar-refractivity contribution < 1.29 is 5.21 Å². The molecule has 0 saturated heterocycles. The van der Waals surface area contributed by atoms with Crippen molar-refractivity contribution >= 4 is 29.0 Å². The molecule has 0 atom stereocenters. The third kappa shape index (κ3) is 2.80. The maximum absolute atomic E-state index is 9.45. The average molecular weight is 315 g/mol. The molecular formula is C16H15ClN4O. The molecule has 6 heteroatoms. The number of anilines is 1. The van der Waals surface area contributed by atoms with Gasteiger partial charge in [-0.2, -0.15) is 0 Å². The van der Waals surface area contributed by atoms with Gasteiger partial charge in [-0.3, -0.25) is 4.99 Å². The molecule has 0 spiro atoms. The zero-order chi connectivity index (χ0) is 15.5. The number of fused-ring (bicyclic) bond motifs is 1. The van der Waals surface area contributed by atoms with E-state index in [4.69, 9.17) is 11.6 Å². The molecule has 1 aromatic heterocycles. The first-order valence-corrected chi connectivity index (χ1v) is 7.25. The Kier molecular flexibility index (Phi) is 4.06. The number of amidine groups is 1. The summed E-state index contributed by atoms with van der Waals surface area (Å²) in [5, 5.41) is 16.8. The van der Waals surface area contributed by atoms with E-state index < -0.39 is 0 Å². The number of hydrogen-bond acceptors (Lipinski definition) is 4. The number of benzene rings is 1. The molecule has 0 bridgehead atoms. The largest absolute Gasteiger partial charge is 0.411 e. The van der Waals surface area contributed by atoms with Crippen molar-refractivity contribution in [2.45, 2.75) is 12.8 Å². The summed E-state index contributed by atoms with van der Waals surface area (Å²) in [6, 6.07) is 9.38. The van der Waals surface area contributed by atoms with E-state index in [1.807, 2.05) is 30.3 Å². The molecule has 0 radical (unpaired) electrons. The number of halogens is 1. The Bertz CT molecular complexity index is 770. The molecule has 5 nitrogen and oxygen atoms in total. The maximum atomic E-state index is 9.45. The van der Waals surface area contributed by atoms with Crippen LogP contribution in [0.4, 0.5) is 5.82 Å². The summed E-state index contributed by atoms with van der Waals surface area (Å²) in [7, 11) is 1.74. The number of aromatic nitrogens is 1. The van der Waals surface area contributed by atoms with Gasteiger partial charge in [-0.05, 0) is 23.8 Å². The van der Waals surface area contributed by atoms with E-state index in [0.29, 0.717) is 23.6 Å². The van der Waals surface area contributed by atoms with Crippen molar-refractivity contribution in [3.8, 4) is 0 Å². The number of oxime groups is 1. The second kappa shape index (κ2) is 6.15. The lowest BCUT2D eigenvalue weighted by Crippen LogP contribution is -2.09. The second-order valence-electron chi connectivity index (χ2n) is 5.01. The van der Waals surface area contributed by atoms with E-state index in [0.717, 1.165) is 28.3 Å². The highest BCUT2D eigenvalue weighted by Gasteiger charge is 2.22. The average Bonchev–Trinajstić information content (AvgIpc) is 2.96. The van der Waals surface area contributed by atoms with Gasteiger partial charge in [-0.15, -0.1) is 0 Å². The molecule has 0 amide bonds. The van der Waals surface area contributed by atoms with E-state index in [-0.39, 0.29) is 0 Å². The molecule has 2 N–H and O–H groups in total. The summed E-state index contributed by atoms with van der Waals surface area (Å²) < 4.78 is 0. The first-order chi connectivity index (χ1) is 10.7. The Morgan fingerprint density at radius 3 is 3.00 bits per heavy atom. The fourth-order valence-corrected chi connectivity index (χ4v) is 2.77. The Hall–Kier alpha value is -2.40. The standard InChI is InChI=1S/C16H15ClN4O/c1-18-15-9-13-12(5-6-19-16(13)20-15)14(21-22)8-10-3-2-4-11(17)7-10/h2-7,22H,8-9H2,1H3,(H,18,19,20)/b21-14+. The van der Waals surface area contributed by atoms with Crippen molar-refractivity contribution in [3.63, 3.8) is 0 Å². The summed E-state index contributed by atoms with van der Waals surface area (Å²) in [5.41, 5.74) is 3.44. The molecule has 2 heterocycles. The highest BCUT2D eigenvalue weighted by molar-refractivity contribution is 6.30. The van der Waals surface area contributed by atoms with Crippen molar-refractivity contribution in [2.24, 2.45) is 10.1 Å². The van der Waals surface area contributed by atoms with Gasteiger partial charge in [-0.25, -0.2) is 4.98 Å². The number of rotatable bonds is 3. The smallest absolute Gasteiger partial charge is 0.135 e. The van der Waals surface area contributed by atoms with E-state index in [1.165, 1.54) is 0 Å². The third-order valence-corrected chi connectivity index (χ3v) is 3.86. The van der Waals surface area contributed by atoms with Crippen molar-refractivity contribution in [3.05, 3.63) is 58.2 Å². The summed E-state index contributed by atoms with van der Waals surface area (Å²) >= 11 is 6.01. The van der Waals surface area contributed by atoms with Crippen LogP contribution in [0.1, 0.15) is 16.7 Å². The fourth-order valence-electron chi connectivity index (χ4n) is 2.56. The molecule has 0 unspecified atom stereocenters. The normalized spacial score (nSPS) is 15.7. The minimum Gasteiger partial charge on any atom is -0.411 e. The van der Waals surface area contributed by atoms with E-state index >= 15 is 0 Å². The molecule has 0 saturated carbocycles. The van der Waals surface area contributed by atoms with Gasteiger partial charge in [0.25, 0.3) is 0 Å². The second-order valence-corrected chi connectivity index (χ2v) is 5.45. The molecule has 2 aromatic rings. The minimum atomic E-state index is 0.492. The van der Waals surface area contributed by atoms with Gasteiger partial charge < -0.3 is 10.5 Å². The third-order valence-electron chi connectivity index (χ3n) is 3.62. The van der Waals surface area contributed by atoms with Crippen LogP contribution in [0.15, 0.2) is 46.7 Å². The van der Waals surface area contributed by atoms with E-state index in [9.17, 15) is 5.21 Å². The van der Waals surface area contributed by atoms with Gasteiger partial charge in [0, 0.05) is 42.2 Å². The summed E-state index contributed by atoms with van der Waals surface area (Å²) in [6.07, 6.45) is 2.85. The lowest BCUT2D eigenvalue weighted by molar-refractivity contribution is 0.318. The van der Waals surface area contributed by atoms with Crippen LogP contribution in [-0.2, 0) is 12.8 Å². The van der Waals surface area contributed by atoms with Crippen molar-refractivity contribution in [1.29, 1.82) is 0 Å². The molecule has 1 aromatic carbocycles. The van der Waals surface area contributed by atoms with Crippen LogP contribution in [0.25, 0.3) is 0 Å². The van der Waals surface area contributed by atoms with Crippen LogP contribution >= 0.6 is 11.6 Å². The number of nitrogens with one attached hydrogen (secondary N) is 1. The van der Waals surface area contributed by atoms with Gasteiger partial charge in [0.2, 0.25) is 0 Å². The summed E-state index contributed by atoms with van der Waals surface area (Å²) in [5.74, 6) is 1.63. The topological polar surface area (TPSA) is 69.9 Å². The number of pyridine rings is 1. The van der Waals surface area contributed by atoms with Gasteiger partial charge in [0.1, 0.15) is 11.7 Å². The minimum absolute atomic E-state index is 0.492. The van der Waals surface area contributed by atoms with Crippen LogP contribution in [0, 0.1) is 0 Å². The molecular weight excluding hydrogens is 300 g/mol. The predicted octanol–water partition coefficient (Wildman–Crippen LogP) is 3.15. The van der Waals surface area contributed by atoms with Gasteiger partial charge in [-0.1, -0.05) is 28.9 Å². The lowest BCUT2D eigenvalue weighted by atomic mass is 9.98. The first kappa shape index (κ1) is 14.5. The zero-order valence-corrected chi connectivity index (χ0v) is 12.8. The van der Waals surface area contributed by atoms with Gasteiger partial charge in [0.05, 0.1) is 5.71 Å². The molecule has 0 fully saturated rings. The molecule has 1 aliphatic rings. The van der Waals surface area contributed by atoms with E-state index in [2.05, 4.69) is 20.4 Å². The fraction of sp³-hybridized carbons (Fsp3) is 0.188. The van der Waals surface area contributed by atoms with Crippen LogP contribution < -0.4 is 5.32 Å². The van der Waals surface area contributed by atoms with Crippen LogP contribution in [0.3, 0.4) is 0 Å². The van der Waals surface area contributed by atoms with E-state index in [1.54, 1.807) is 13.2 Å². The molecule has 112 valence electrons. The summed E-state index contributed by atoms with van der Waals surface area (Å²) in [4.78, 5) is 8.48. The Labute approximate surface area is 133 Å². The highest BCUT2D eigenvalue weighted by atomic mass is 35.5. The highest BCUT2D eigenvalue weighted by Crippen LogP contribution is 2.26. The van der Waals surface area contributed by atoms with Crippen LogP contribution in [0.5, 0.6) is 0 Å². The zero-order valence-electron chi connectivity index (χ0n) is 12.0. The van der Waals surface area contributed by atoms with Gasteiger partial charge in [0.15, 0.2) is 0 Å².